The van der Waals surface area contributed by atoms with Gasteiger partial charge in [-0.05, 0) is 106 Å². The van der Waals surface area contributed by atoms with E-state index in [9.17, 15) is 9.18 Å². The molecule has 2 heterocycles. The van der Waals surface area contributed by atoms with E-state index < -0.39 is 0 Å². The standard InChI is InChI=1S/C19H23FN2S.C8H9Cl.C7H13NO.C3H8.2C2H6/c1-4-13-11-16(23)9-10-17(13)19-21(2)12-18(22(19)3)14-5-7-15(20)8-6-14;1-7-3-2-4-8(9)6-5-7;1-7-2-4-8(6-9)5-3-7;1-3-2;2*1-2/h5-11,18-19,23H,4,12H2,1-3H3;2,4-6H,3H2,1H3;6-7H,2-5H2,1H3;3H2,1-2H3;2*1-2H3. The molecule has 0 spiro atoms. The zero-order chi connectivity index (χ0) is 36.6. The first-order chi connectivity index (χ1) is 23.0. The number of carbonyl (C=O) groups excluding carboxylic acids is 1. The van der Waals surface area contributed by atoms with Crippen LogP contribution in [0.2, 0.25) is 0 Å². The first-order valence-electron chi connectivity index (χ1n) is 17.9. The third kappa shape index (κ3) is 16.3. The van der Waals surface area contributed by atoms with E-state index >= 15 is 0 Å². The van der Waals surface area contributed by atoms with Gasteiger partial charge in [0.05, 0.1) is 6.17 Å². The Morgan fingerprint density at radius 1 is 0.958 bits per heavy atom. The predicted molar refractivity (Wildman–Crippen MR) is 211 cm³/mol. The number of halogens is 2. The third-order valence-electron chi connectivity index (χ3n) is 8.01. The van der Waals surface area contributed by atoms with E-state index in [2.05, 4.69) is 95.4 Å². The SMILES string of the molecule is CC.CC.CC1=CC=C(Cl)C=CC1.CC1CCN(C=O)CC1.CCC.CCc1cc(S)ccc1C1N(C)CC(c2ccc(F)cc2)N1C. The van der Waals surface area contributed by atoms with Gasteiger partial charge in [0.15, 0.2) is 0 Å². The number of hydrogen-bond acceptors (Lipinski definition) is 4. The summed E-state index contributed by atoms with van der Waals surface area (Å²) in [5.41, 5.74) is 5.18. The zero-order valence-corrected chi connectivity index (χ0v) is 33.4. The average Bonchev–Trinajstić information content (AvgIpc) is 3.25. The predicted octanol–water partition coefficient (Wildman–Crippen LogP) is 11.7. The molecule has 2 aromatic carbocycles. The number of rotatable bonds is 4. The Balaban J connectivity index is 0.000000728. The molecule has 2 aromatic rings. The van der Waals surface area contributed by atoms with E-state index in [-0.39, 0.29) is 18.0 Å². The van der Waals surface area contributed by atoms with Gasteiger partial charge >= 0.3 is 0 Å². The van der Waals surface area contributed by atoms with Crippen LogP contribution < -0.4 is 0 Å². The summed E-state index contributed by atoms with van der Waals surface area (Å²) >= 11 is 10.2. The van der Waals surface area contributed by atoms with Crippen molar-refractivity contribution in [3.63, 3.8) is 0 Å². The van der Waals surface area contributed by atoms with Gasteiger partial charge in [0.1, 0.15) is 5.82 Å². The van der Waals surface area contributed by atoms with Crippen molar-refractivity contribution >= 4 is 30.6 Å². The second kappa shape index (κ2) is 26.5. The fourth-order valence-electron chi connectivity index (χ4n) is 5.45. The quantitative estimate of drug-likeness (QED) is 0.254. The van der Waals surface area contributed by atoms with Crippen LogP contribution in [0.5, 0.6) is 0 Å². The molecule has 2 aliphatic heterocycles. The molecule has 0 N–H and O–H groups in total. The molecule has 2 unspecified atom stereocenters. The van der Waals surface area contributed by atoms with Crippen molar-refractivity contribution < 1.29 is 9.18 Å². The van der Waals surface area contributed by atoms with E-state index in [1.807, 2.05) is 63.0 Å². The molecule has 0 saturated carbocycles. The number of likely N-dealkylation sites (tertiary alicyclic amines) is 1. The molecule has 5 rings (SSSR count). The van der Waals surface area contributed by atoms with Gasteiger partial charge in [0.2, 0.25) is 6.41 Å². The first-order valence-corrected chi connectivity index (χ1v) is 18.7. The highest BCUT2D eigenvalue weighted by molar-refractivity contribution is 7.80. The molecular formula is C41H65ClFN3OS. The maximum atomic E-state index is 13.2. The van der Waals surface area contributed by atoms with Crippen LogP contribution in [0.25, 0.3) is 0 Å². The average molecular weight is 703 g/mol. The lowest BCUT2D eigenvalue weighted by atomic mass is 10.00. The van der Waals surface area contributed by atoms with Crippen LogP contribution in [-0.2, 0) is 11.2 Å². The van der Waals surface area contributed by atoms with Crippen molar-refractivity contribution in [1.29, 1.82) is 0 Å². The maximum absolute atomic E-state index is 13.2. The first kappa shape index (κ1) is 45.6. The topological polar surface area (TPSA) is 26.8 Å². The molecule has 7 heteroatoms. The fourth-order valence-corrected chi connectivity index (χ4v) is 5.83. The molecule has 2 saturated heterocycles. The largest absolute Gasteiger partial charge is 0.345 e. The molecule has 0 aromatic heterocycles. The Bertz CT molecular complexity index is 1240. The molecule has 48 heavy (non-hydrogen) atoms. The van der Waals surface area contributed by atoms with Gasteiger partial charge < -0.3 is 4.90 Å². The minimum atomic E-state index is -0.183. The van der Waals surface area contributed by atoms with E-state index in [4.69, 9.17) is 11.6 Å². The van der Waals surface area contributed by atoms with Crippen LogP contribution in [0.3, 0.4) is 0 Å². The molecule has 1 amide bonds. The lowest BCUT2D eigenvalue weighted by Gasteiger charge is -2.29. The Morgan fingerprint density at radius 2 is 1.54 bits per heavy atom. The third-order valence-corrected chi connectivity index (χ3v) is 8.54. The number of benzene rings is 2. The minimum absolute atomic E-state index is 0.183. The summed E-state index contributed by atoms with van der Waals surface area (Å²) in [6.45, 7) is 21.6. The molecule has 270 valence electrons. The van der Waals surface area contributed by atoms with Crippen molar-refractivity contribution in [3.8, 4) is 0 Å². The number of thiol groups is 1. The lowest BCUT2D eigenvalue weighted by Crippen LogP contribution is -2.31. The number of piperidine rings is 1. The van der Waals surface area contributed by atoms with Gasteiger partial charge in [-0.1, -0.05) is 109 Å². The summed E-state index contributed by atoms with van der Waals surface area (Å²) in [6.07, 6.45) is 14.8. The number of nitrogens with zero attached hydrogens (tertiary/aromatic N) is 3. The molecule has 3 aliphatic rings. The van der Waals surface area contributed by atoms with Crippen LogP contribution in [0.15, 0.2) is 82.3 Å². The highest BCUT2D eigenvalue weighted by atomic mass is 35.5. The molecule has 4 nitrogen and oxygen atoms in total. The number of allylic oxidation sites excluding steroid dienone is 6. The van der Waals surface area contributed by atoms with Crippen LogP contribution in [0, 0.1) is 11.7 Å². The number of hydrogen-bond donors (Lipinski definition) is 1. The van der Waals surface area contributed by atoms with Crippen molar-refractivity contribution in [3.05, 3.63) is 99.9 Å². The van der Waals surface area contributed by atoms with Gasteiger partial charge in [-0.2, -0.15) is 0 Å². The molecule has 0 bridgehead atoms. The highest BCUT2D eigenvalue weighted by Gasteiger charge is 2.37. The molecule has 1 aliphatic carbocycles. The maximum Gasteiger partial charge on any atom is 0.209 e. The van der Waals surface area contributed by atoms with E-state index in [1.165, 1.54) is 36.0 Å². The summed E-state index contributed by atoms with van der Waals surface area (Å²) in [7, 11) is 4.30. The monoisotopic (exact) mass is 701 g/mol. The zero-order valence-electron chi connectivity index (χ0n) is 31.8. The Hall–Kier alpha value is -2.38. The molecular weight excluding hydrogens is 637 g/mol. The lowest BCUT2D eigenvalue weighted by molar-refractivity contribution is -0.119. The second-order valence-electron chi connectivity index (χ2n) is 12.0. The van der Waals surface area contributed by atoms with Crippen LogP contribution in [-0.4, -0.2) is 54.8 Å². The molecule has 2 fully saturated rings. The van der Waals surface area contributed by atoms with Crippen LogP contribution in [0.4, 0.5) is 4.39 Å². The fraction of sp³-hybridized carbons (Fsp3) is 0.537. The normalized spacial score (nSPS) is 19.1. The number of likely N-dealkylation sites (N-methyl/N-ethyl adjacent to an activating group) is 2. The van der Waals surface area contributed by atoms with E-state index in [0.29, 0.717) is 0 Å². The molecule has 0 radical (unpaired) electrons. The number of amides is 1. The van der Waals surface area contributed by atoms with Gasteiger partial charge in [-0.15, -0.1) is 12.6 Å². The number of aryl methyl sites for hydroxylation is 1. The van der Waals surface area contributed by atoms with Crippen molar-refractivity contribution in [1.82, 2.24) is 14.7 Å². The number of carbonyl (C=O) groups is 1. The summed E-state index contributed by atoms with van der Waals surface area (Å²) in [5, 5.41) is 0.812. The van der Waals surface area contributed by atoms with E-state index in [1.54, 1.807) is 12.1 Å². The van der Waals surface area contributed by atoms with Crippen molar-refractivity contribution in [2.45, 2.75) is 112 Å². The van der Waals surface area contributed by atoms with Gasteiger partial charge in [0.25, 0.3) is 0 Å². The summed E-state index contributed by atoms with van der Waals surface area (Å²) in [5.74, 6) is 0.637. The Kier molecular flexibility index (Phi) is 25.2. The van der Waals surface area contributed by atoms with Crippen LogP contribution >= 0.6 is 24.2 Å². The van der Waals surface area contributed by atoms with Crippen molar-refractivity contribution in [2.75, 3.05) is 33.7 Å². The van der Waals surface area contributed by atoms with Gasteiger partial charge in [-0.3, -0.25) is 14.6 Å². The Labute approximate surface area is 304 Å². The van der Waals surface area contributed by atoms with Crippen LogP contribution in [0.1, 0.15) is 117 Å². The van der Waals surface area contributed by atoms with Gasteiger partial charge in [0, 0.05) is 35.6 Å². The summed E-state index contributed by atoms with van der Waals surface area (Å²) in [6, 6.07) is 13.6. The minimum Gasteiger partial charge on any atom is -0.345 e. The van der Waals surface area contributed by atoms with E-state index in [0.717, 1.165) is 60.3 Å². The Morgan fingerprint density at radius 3 is 2.08 bits per heavy atom. The summed E-state index contributed by atoms with van der Waals surface area (Å²) < 4.78 is 13.2. The molecule has 2 atom stereocenters. The second-order valence-corrected chi connectivity index (χ2v) is 12.9. The summed E-state index contributed by atoms with van der Waals surface area (Å²) in [4.78, 5) is 17.8. The van der Waals surface area contributed by atoms with Crippen molar-refractivity contribution in [2.24, 2.45) is 5.92 Å². The highest BCUT2D eigenvalue weighted by Crippen LogP contribution is 2.40. The van der Waals surface area contributed by atoms with Gasteiger partial charge in [-0.25, -0.2) is 4.39 Å². The smallest absolute Gasteiger partial charge is 0.209 e.